The van der Waals surface area contributed by atoms with E-state index >= 15 is 0 Å². The molecule has 0 unspecified atom stereocenters. The van der Waals surface area contributed by atoms with E-state index in [4.69, 9.17) is 5.26 Å². The number of hydrogen-bond acceptors (Lipinski definition) is 2. The Bertz CT molecular complexity index is 420. The lowest BCUT2D eigenvalue weighted by atomic mass is 10.2. The second kappa shape index (κ2) is 2.65. The van der Waals surface area contributed by atoms with Gasteiger partial charge >= 0.3 is 6.18 Å². The molecule has 0 saturated heterocycles. The van der Waals surface area contributed by atoms with Crippen molar-refractivity contribution in [1.29, 1.82) is 5.26 Å². The van der Waals surface area contributed by atoms with Gasteiger partial charge in [-0.25, -0.2) is 0 Å². The highest BCUT2D eigenvalue weighted by Gasteiger charge is 2.38. The maximum Gasteiger partial charge on any atom is 0.434 e. The number of rotatable bonds is 0. The normalized spacial score (nSPS) is 11.3. The van der Waals surface area contributed by atoms with Gasteiger partial charge in [0.25, 0.3) is 5.56 Å². The van der Waals surface area contributed by atoms with Crippen LogP contribution in [-0.2, 0) is 13.2 Å². The number of nitrogens with zero attached hydrogens (tertiary/aromatic N) is 2. The Morgan fingerprint density at radius 3 is 2.38 bits per heavy atom. The molecule has 1 heterocycles. The third kappa shape index (κ3) is 1.42. The zero-order valence-corrected chi connectivity index (χ0v) is 6.44. The van der Waals surface area contributed by atoms with Crippen molar-refractivity contribution in [2.24, 2.45) is 7.05 Å². The molecule has 0 amide bonds. The van der Waals surface area contributed by atoms with Crippen LogP contribution < -0.4 is 5.56 Å². The first kappa shape index (κ1) is 9.38. The predicted molar refractivity (Wildman–Crippen MR) is 35.8 cm³/mol. The molecule has 1 rings (SSSR count). The SMILES string of the molecule is Cn1[nH]c(=O)c(C#N)c1C(F)(F)F. The quantitative estimate of drug-likeness (QED) is 0.652. The Morgan fingerprint density at radius 1 is 1.54 bits per heavy atom. The largest absolute Gasteiger partial charge is 0.434 e. The van der Waals surface area contributed by atoms with Crippen LogP contribution in [0.2, 0.25) is 0 Å². The molecular formula is C6H4F3N3O. The molecule has 70 valence electrons. The van der Waals surface area contributed by atoms with Gasteiger partial charge in [0.05, 0.1) is 0 Å². The van der Waals surface area contributed by atoms with E-state index in [2.05, 4.69) is 0 Å². The van der Waals surface area contributed by atoms with Crippen LogP contribution in [0.5, 0.6) is 0 Å². The molecule has 0 bridgehead atoms. The van der Waals surface area contributed by atoms with Gasteiger partial charge in [-0.2, -0.15) is 18.4 Å². The van der Waals surface area contributed by atoms with E-state index in [0.29, 0.717) is 4.68 Å². The van der Waals surface area contributed by atoms with Crippen molar-refractivity contribution in [3.63, 3.8) is 0 Å². The second-order valence-electron chi connectivity index (χ2n) is 2.33. The van der Waals surface area contributed by atoms with Gasteiger partial charge < -0.3 is 0 Å². The number of aromatic nitrogens is 2. The van der Waals surface area contributed by atoms with E-state index < -0.39 is 23.0 Å². The molecule has 0 radical (unpaired) electrons. The monoisotopic (exact) mass is 191 g/mol. The average molecular weight is 191 g/mol. The van der Waals surface area contributed by atoms with Gasteiger partial charge in [-0.15, -0.1) is 0 Å². The zero-order chi connectivity index (χ0) is 10.2. The molecule has 1 aromatic rings. The van der Waals surface area contributed by atoms with E-state index in [-0.39, 0.29) is 0 Å². The number of hydrogen-bond donors (Lipinski definition) is 1. The van der Waals surface area contributed by atoms with Gasteiger partial charge in [0.2, 0.25) is 0 Å². The van der Waals surface area contributed by atoms with Crippen LogP contribution in [0.1, 0.15) is 11.3 Å². The summed E-state index contributed by atoms with van der Waals surface area (Å²) < 4.78 is 37.0. The Labute approximate surface area is 70.2 Å². The number of H-pyrrole nitrogens is 1. The number of alkyl halides is 3. The molecule has 0 aliphatic carbocycles. The summed E-state index contributed by atoms with van der Waals surface area (Å²) in [5.74, 6) is 0. The molecule has 1 aromatic heterocycles. The highest BCUT2D eigenvalue weighted by atomic mass is 19.4. The highest BCUT2D eigenvalue weighted by molar-refractivity contribution is 5.33. The fourth-order valence-electron chi connectivity index (χ4n) is 0.975. The van der Waals surface area contributed by atoms with Crippen LogP contribution in [0.4, 0.5) is 13.2 Å². The van der Waals surface area contributed by atoms with E-state index in [0.717, 1.165) is 7.05 Å². The van der Waals surface area contributed by atoms with Crippen molar-refractivity contribution >= 4 is 0 Å². The summed E-state index contributed by atoms with van der Waals surface area (Å²) >= 11 is 0. The van der Waals surface area contributed by atoms with Crippen molar-refractivity contribution in [3.05, 3.63) is 21.6 Å². The second-order valence-corrected chi connectivity index (χ2v) is 2.33. The minimum Gasteiger partial charge on any atom is -0.282 e. The molecule has 0 aromatic carbocycles. The number of nitriles is 1. The lowest BCUT2D eigenvalue weighted by Gasteiger charge is -2.06. The predicted octanol–water partition coefficient (Wildman–Crippen LogP) is 0.604. The van der Waals surface area contributed by atoms with Gasteiger partial charge in [0.15, 0.2) is 5.69 Å². The van der Waals surface area contributed by atoms with E-state index in [1.165, 1.54) is 6.07 Å². The Balaban J connectivity index is 3.55. The molecule has 0 aliphatic heterocycles. The first-order valence-electron chi connectivity index (χ1n) is 3.14. The minimum atomic E-state index is -4.70. The summed E-state index contributed by atoms with van der Waals surface area (Å²) in [5.41, 5.74) is -3.19. The van der Waals surface area contributed by atoms with Crippen LogP contribution in [0, 0.1) is 11.3 Å². The maximum absolute atomic E-state index is 12.2. The third-order valence-corrected chi connectivity index (χ3v) is 1.45. The van der Waals surface area contributed by atoms with Crippen molar-refractivity contribution in [1.82, 2.24) is 9.78 Å². The summed E-state index contributed by atoms with van der Waals surface area (Å²) in [6, 6.07) is 1.21. The molecule has 7 heteroatoms. The third-order valence-electron chi connectivity index (χ3n) is 1.45. The Morgan fingerprint density at radius 2 is 2.08 bits per heavy atom. The number of halogens is 3. The molecule has 0 spiro atoms. The Hall–Kier alpha value is -1.71. The van der Waals surface area contributed by atoms with E-state index in [1.807, 2.05) is 5.10 Å². The van der Waals surface area contributed by atoms with Crippen LogP contribution in [0.15, 0.2) is 4.79 Å². The topological polar surface area (TPSA) is 61.6 Å². The molecule has 13 heavy (non-hydrogen) atoms. The smallest absolute Gasteiger partial charge is 0.282 e. The molecule has 0 saturated carbocycles. The molecule has 0 atom stereocenters. The van der Waals surface area contributed by atoms with Crippen molar-refractivity contribution in [2.75, 3.05) is 0 Å². The van der Waals surface area contributed by atoms with E-state index in [9.17, 15) is 18.0 Å². The van der Waals surface area contributed by atoms with Crippen LogP contribution in [0.25, 0.3) is 0 Å². The lowest BCUT2D eigenvalue weighted by Crippen LogP contribution is -2.13. The van der Waals surface area contributed by atoms with Gasteiger partial charge in [-0.3, -0.25) is 14.6 Å². The fourth-order valence-corrected chi connectivity index (χ4v) is 0.975. The van der Waals surface area contributed by atoms with Crippen LogP contribution in [-0.4, -0.2) is 9.78 Å². The molecule has 1 N–H and O–H groups in total. The van der Waals surface area contributed by atoms with Crippen LogP contribution >= 0.6 is 0 Å². The van der Waals surface area contributed by atoms with Crippen molar-refractivity contribution in [3.8, 4) is 6.07 Å². The zero-order valence-electron chi connectivity index (χ0n) is 6.44. The summed E-state index contributed by atoms with van der Waals surface area (Å²) in [5, 5.41) is 10.1. The van der Waals surface area contributed by atoms with Crippen molar-refractivity contribution < 1.29 is 13.2 Å². The fraction of sp³-hybridized carbons (Fsp3) is 0.333. The number of aromatic amines is 1. The van der Waals surface area contributed by atoms with Gasteiger partial charge in [0.1, 0.15) is 11.6 Å². The Kier molecular flexibility index (Phi) is 1.92. The maximum atomic E-state index is 12.2. The first-order chi connectivity index (χ1) is 5.88. The lowest BCUT2D eigenvalue weighted by molar-refractivity contribution is -0.143. The molecule has 0 fully saturated rings. The first-order valence-corrected chi connectivity index (χ1v) is 3.14. The molecular weight excluding hydrogens is 187 g/mol. The minimum absolute atomic E-state index is 0.487. The van der Waals surface area contributed by atoms with Crippen molar-refractivity contribution in [2.45, 2.75) is 6.18 Å². The number of nitrogens with one attached hydrogen (secondary N) is 1. The average Bonchev–Trinajstić information content (AvgIpc) is 2.23. The highest BCUT2D eigenvalue weighted by Crippen LogP contribution is 2.29. The van der Waals surface area contributed by atoms with Crippen LogP contribution in [0.3, 0.4) is 0 Å². The standard InChI is InChI=1S/C6H4F3N3O/c1-12-4(6(7,8)9)3(2-10)5(13)11-12/h1H3,(H,11,13). The summed E-state index contributed by atoms with van der Waals surface area (Å²) in [4.78, 5) is 10.7. The summed E-state index contributed by atoms with van der Waals surface area (Å²) in [6.45, 7) is 0. The summed E-state index contributed by atoms with van der Waals surface area (Å²) in [7, 11) is 1.02. The van der Waals surface area contributed by atoms with Gasteiger partial charge in [0, 0.05) is 7.05 Å². The molecule has 0 aliphatic rings. The summed E-state index contributed by atoms with van der Waals surface area (Å²) in [6.07, 6.45) is -4.70. The molecule has 4 nitrogen and oxygen atoms in total. The van der Waals surface area contributed by atoms with E-state index in [1.54, 1.807) is 0 Å². The van der Waals surface area contributed by atoms with Gasteiger partial charge in [-0.05, 0) is 0 Å². The number of aryl methyl sites for hydroxylation is 1. The van der Waals surface area contributed by atoms with Gasteiger partial charge in [-0.1, -0.05) is 0 Å².